The summed E-state index contributed by atoms with van der Waals surface area (Å²) in [6.45, 7) is 5.32. The first-order chi connectivity index (χ1) is 14.0. The fraction of sp³-hybridized carbons (Fsp3) is 0.429. The maximum absolute atomic E-state index is 9.53. The molecule has 3 aromatic rings. The number of hydrogen-bond acceptors (Lipinski definition) is 7. The van der Waals surface area contributed by atoms with E-state index in [2.05, 4.69) is 32.0 Å². The SMILES string of the molecule is Cc1nc(N)nc(NC(C)c2nc3ccn(C)c3cc2C2CCOCC2)c1C#N. The molecule has 3 aromatic heterocycles. The van der Waals surface area contributed by atoms with Gasteiger partial charge in [0, 0.05) is 26.5 Å². The second-order valence-corrected chi connectivity index (χ2v) is 7.55. The van der Waals surface area contributed by atoms with Crippen LogP contribution in [0.4, 0.5) is 11.8 Å². The van der Waals surface area contributed by atoms with E-state index in [1.165, 1.54) is 5.56 Å². The molecule has 0 aromatic carbocycles. The highest BCUT2D eigenvalue weighted by molar-refractivity contribution is 5.77. The molecule has 0 amide bonds. The van der Waals surface area contributed by atoms with Crippen molar-refractivity contribution < 1.29 is 4.74 Å². The number of aryl methyl sites for hydroxylation is 2. The van der Waals surface area contributed by atoms with Crippen LogP contribution in [0.5, 0.6) is 0 Å². The number of nitrogens with one attached hydrogen (secondary N) is 1. The molecular weight excluding hydrogens is 366 g/mol. The molecule has 0 bridgehead atoms. The molecule has 1 fully saturated rings. The second kappa shape index (κ2) is 7.68. The minimum Gasteiger partial charge on any atom is -0.381 e. The molecule has 1 saturated heterocycles. The molecule has 4 heterocycles. The Balaban J connectivity index is 1.77. The van der Waals surface area contributed by atoms with Crippen LogP contribution >= 0.6 is 0 Å². The maximum Gasteiger partial charge on any atom is 0.222 e. The molecule has 0 radical (unpaired) electrons. The van der Waals surface area contributed by atoms with Crippen molar-refractivity contribution in [2.24, 2.45) is 7.05 Å². The van der Waals surface area contributed by atoms with E-state index >= 15 is 0 Å². The lowest BCUT2D eigenvalue weighted by atomic mass is 9.88. The van der Waals surface area contributed by atoms with Crippen molar-refractivity contribution in [2.75, 3.05) is 24.3 Å². The normalized spacial score (nSPS) is 15.9. The fourth-order valence-electron chi connectivity index (χ4n) is 4.00. The van der Waals surface area contributed by atoms with Crippen molar-refractivity contribution in [3.63, 3.8) is 0 Å². The number of aromatic nitrogens is 4. The van der Waals surface area contributed by atoms with Crippen molar-refractivity contribution in [1.29, 1.82) is 5.26 Å². The second-order valence-electron chi connectivity index (χ2n) is 7.55. The Bertz CT molecular complexity index is 1090. The van der Waals surface area contributed by atoms with Gasteiger partial charge in [-0.05, 0) is 50.3 Å². The van der Waals surface area contributed by atoms with Crippen LogP contribution in [0, 0.1) is 18.3 Å². The smallest absolute Gasteiger partial charge is 0.222 e. The van der Waals surface area contributed by atoms with E-state index in [9.17, 15) is 5.26 Å². The van der Waals surface area contributed by atoms with E-state index < -0.39 is 0 Å². The number of nitriles is 1. The first-order valence-electron chi connectivity index (χ1n) is 9.82. The van der Waals surface area contributed by atoms with Crippen LogP contribution in [-0.4, -0.2) is 32.7 Å². The Labute approximate surface area is 169 Å². The van der Waals surface area contributed by atoms with Crippen LogP contribution in [0.3, 0.4) is 0 Å². The minimum absolute atomic E-state index is 0.146. The van der Waals surface area contributed by atoms with E-state index in [-0.39, 0.29) is 12.0 Å². The van der Waals surface area contributed by atoms with Crippen molar-refractivity contribution in [1.82, 2.24) is 19.5 Å². The average Bonchev–Trinajstić information content (AvgIpc) is 3.07. The molecule has 0 spiro atoms. The van der Waals surface area contributed by atoms with E-state index in [4.69, 9.17) is 15.5 Å². The molecule has 1 aliphatic rings. The average molecular weight is 391 g/mol. The van der Waals surface area contributed by atoms with Gasteiger partial charge in [-0.25, -0.2) is 9.97 Å². The van der Waals surface area contributed by atoms with E-state index in [0.29, 0.717) is 23.0 Å². The fourth-order valence-corrected chi connectivity index (χ4v) is 4.00. The van der Waals surface area contributed by atoms with Crippen molar-refractivity contribution >= 4 is 22.8 Å². The predicted molar refractivity (Wildman–Crippen MR) is 111 cm³/mol. The molecule has 1 unspecified atom stereocenters. The number of nitrogen functional groups attached to an aromatic ring is 1. The standard InChI is InChI=1S/C21H25N7O/c1-12-16(11-22)20(27-21(23)25-12)24-13(2)19-15(14-5-8-29-9-6-14)10-18-17(26-19)4-7-28(18)3/h4,7,10,13-14H,5-6,8-9H2,1-3H3,(H3,23,24,25,27). The van der Waals surface area contributed by atoms with Crippen molar-refractivity contribution in [3.05, 3.63) is 40.8 Å². The third-order valence-corrected chi connectivity index (χ3v) is 5.57. The van der Waals surface area contributed by atoms with Crippen LogP contribution in [-0.2, 0) is 11.8 Å². The maximum atomic E-state index is 9.53. The zero-order valence-electron chi connectivity index (χ0n) is 16.9. The third kappa shape index (κ3) is 3.61. The Morgan fingerprint density at radius 3 is 2.79 bits per heavy atom. The van der Waals surface area contributed by atoms with Crippen molar-refractivity contribution in [2.45, 2.75) is 38.6 Å². The molecular formula is C21H25N7O. The van der Waals surface area contributed by atoms with Crippen LogP contribution in [0.25, 0.3) is 11.0 Å². The van der Waals surface area contributed by atoms with E-state index in [1.54, 1.807) is 6.92 Å². The van der Waals surface area contributed by atoms with Gasteiger partial charge in [0.15, 0.2) is 0 Å². The van der Waals surface area contributed by atoms with Gasteiger partial charge in [-0.15, -0.1) is 0 Å². The first-order valence-corrected chi connectivity index (χ1v) is 9.82. The van der Waals surface area contributed by atoms with Gasteiger partial charge in [-0.3, -0.25) is 0 Å². The third-order valence-electron chi connectivity index (χ3n) is 5.57. The number of pyridine rings is 1. The molecule has 0 aliphatic carbocycles. The molecule has 8 heteroatoms. The van der Waals surface area contributed by atoms with Gasteiger partial charge in [-0.2, -0.15) is 10.2 Å². The Morgan fingerprint density at radius 2 is 2.07 bits per heavy atom. The molecule has 29 heavy (non-hydrogen) atoms. The Morgan fingerprint density at radius 1 is 1.31 bits per heavy atom. The summed E-state index contributed by atoms with van der Waals surface area (Å²) in [7, 11) is 2.03. The van der Waals surface area contributed by atoms with E-state index in [1.807, 2.05) is 26.2 Å². The van der Waals surface area contributed by atoms with Gasteiger partial charge in [0.2, 0.25) is 5.95 Å². The van der Waals surface area contributed by atoms with Crippen LogP contribution in [0.1, 0.15) is 54.2 Å². The lowest BCUT2D eigenvalue weighted by Gasteiger charge is -2.27. The molecule has 0 saturated carbocycles. The molecule has 8 nitrogen and oxygen atoms in total. The number of nitrogens with zero attached hydrogens (tertiary/aromatic N) is 5. The molecule has 1 atom stereocenters. The topological polar surface area (TPSA) is 115 Å². The largest absolute Gasteiger partial charge is 0.381 e. The lowest BCUT2D eigenvalue weighted by molar-refractivity contribution is 0.0850. The summed E-state index contributed by atoms with van der Waals surface area (Å²) in [6.07, 6.45) is 3.97. The zero-order valence-corrected chi connectivity index (χ0v) is 16.9. The summed E-state index contributed by atoms with van der Waals surface area (Å²) in [5, 5.41) is 12.9. The minimum atomic E-state index is -0.154. The lowest BCUT2D eigenvalue weighted by Crippen LogP contribution is -2.20. The molecule has 4 rings (SSSR count). The monoisotopic (exact) mass is 391 g/mol. The van der Waals surface area contributed by atoms with Gasteiger partial charge < -0.3 is 20.4 Å². The summed E-state index contributed by atoms with van der Waals surface area (Å²) in [4.78, 5) is 13.3. The zero-order chi connectivity index (χ0) is 20.5. The number of fused-ring (bicyclic) bond motifs is 1. The molecule has 3 N–H and O–H groups in total. The predicted octanol–water partition coefficient (Wildman–Crippen LogP) is 3.19. The van der Waals surface area contributed by atoms with Gasteiger partial charge in [-0.1, -0.05) is 0 Å². The number of ether oxygens (including phenoxy) is 1. The van der Waals surface area contributed by atoms with Gasteiger partial charge >= 0.3 is 0 Å². The highest BCUT2D eigenvalue weighted by atomic mass is 16.5. The number of rotatable bonds is 4. The first kappa shape index (κ1) is 19.2. The molecule has 150 valence electrons. The van der Waals surface area contributed by atoms with Crippen LogP contribution in [0.15, 0.2) is 18.3 Å². The van der Waals surface area contributed by atoms with Crippen LogP contribution < -0.4 is 11.1 Å². The highest BCUT2D eigenvalue weighted by Crippen LogP contribution is 2.35. The summed E-state index contributed by atoms with van der Waals surface area (Å²) in [6, 6.07) is 6.29. The highest BCUT2D eigenvalue weighted by Gasteiger charge is 2.25. The Kier molecular flexibility index (Phi) is 5.07. The quantitative estimate of drug-likeness (QED) is 0.702. The summed E-state index contributed by atoms with van der Waals surface area (Å²) >= 11 is 0. The van der Waals surface area contributed by atoms with Gasteiger partial charge in [0.05, 0.1) is 28.5 Å². The van der Waals surface area contributed by atoms with Gasteiger partial charge in [0.1, 0.15) is 17.5 Å². The van der Waals surface area contributed by atoms with Crippen molar-refractivity contribution in [3.8, 4) is 6.07 Å². The number of anilines is 2. The summed E-state index contributed by atoms with van der Waals surface area (Å²) in [5.74, 6) is 0.979. The Hall–Kier alpha value is -3.18. The molecule has 1 aliphatic heterocycles. The van der Waals surface area contributed by atoms with Gasteiger partial charge in [0.25, 0.3) is 0 Å². The number of nitrogens with two attached hydrogens (primary N) is 1. The van der Waals surface area contributed by atoms with Crippen LogP contribution in [0.2, 0.25) is 0 Å². The summed E-state index contributed by atoms with van der Waals surface area (Å²) in [5.41, 5.74) is 11.0. The summed E-state index contributed by atoms with van der Waals surface area (Å²) < 4.78 is 7.65. The number of hydrogen-bond donors (Lipinski definition) is 2. The van der Waals surface area contributed by atoms with E-state index in [0.717, 1.165) is 42.8 Å².